The van der Waals surface area contributed by atoms with E-state index in [9.17, 15) is 35.1 Å². The van der Waals surface area contributed by atoms with E-state index >= 15 is 0 Å². The second-order valence-electron chi connectivity index (χ2n) is 22.8. The summed E-state index contributed by atoms with van der Waals surface area (Å²) in [5.41, 5.74) is 0. The van der Waals surface area contributed by atoms with Crippen LogP contribution in [0.2, 0.25) is 0 Å². The molecule has 11 nitrogen and oxygen atoms in total. The summed E-state index contributed by atoms with van der Waals surface area (Å²) in [4.78, 5) is 26.6. The number of amides is 1. The Labute approximate surface area is 490 Å². The van der Waals surface area contributed by atoms with E-state index in [-0.39, 0.29) is 19.4 Å². The van der Waals surface area contributed by atoms with Gasteiger partial charge in [0, 0.05) is 6.42 Å². The Morgan fingerprint density at radius 3 is 1.38 bits per heavy atom. The summed E-state index contributed by atoms with van der Waals surface area (Å²) in [6.07, 6.45) is 62.3. The highest BCUT2D eigenvalue weighted by molar-refractivity contribution is 5.80. The van der Waals surface area contributed by atoms with E-state index < -0.39 is 67.4 Å². The number of carbonyl (C=O) groups is 2. The maximum absolute atomic E-state index is 13.4. The van der Waals surface area contributed by atoms with Crippen molar-refractivity contribution in [3.8, 4) is 0 Å². The van der Waals surface area contributed by atoms with Crippen molar-refractivity contribution in [3.05, 3.63) is 72.9 Å². The molecule has 80 heavy (non-hydrogen) atoms. The molecule has 8 unspecified atom stereocenters. The molecule has 1 heterocycles. The lowest BCUT2D eigenvalue weighted by Crippen LogP contribution is -2.61. The van der Waals surface area contributed by atoms with E-state index in [1.54, 1.807) is 6.08 Å². The van der Waals surface area contributed by atoms with E-state index in [0.29, 0.717) is 12.8 Å². The minimum Gasteiger partial charge on any atom is -0.454 e. The van der Waals surface area contributed by atoms with Crippen LogP contribution in [0.5, 0.6) is 0 Å². The van der Waals surface area contributed by atoms with Crippen molar-refractivity contribution in [2.45, 2.75) is 339 Å². The molecule has 11 heteroatoms. The zero-order valence-electron chi connectivity index (χ0n) is 51.4. The van der Waals surface area contributed by atoms with E-state index in [2.05, 4.69) is 86.8 Å². The van der Waals surface area contributed by atoms with Gasteiger partial charge in [0.15, 0.2) is 12.4 Å². The fraction of sp³-hybridized carbons (Fsp3) is 0.797. The number of ether oxygens (including phenoxy) is 3. The molecule has 1 fully saturated rings. The second kappa shape index (κ2) is 56.6. The number of hydrogen-bond acceptors (Lipinski definition) is 10. The molecule has 0 aromatic heterocycles. The standard InChI is InChI=1S/C69H123NO10/c1-4-7-10-13-16-19-22-25-26-27-28-29-30-31-32-33-34-35-36-39-42-45-48-51-54-57-64(74)80-67-66(76)65(75)63(58-71)79-69(67)78-59-60(61(72)55-52-49-46-43-40-37-23-20-17-14-11-8-5-2)70-68(77)62(73)56-53-50-47-44-41-38-24-21-18-15-12-9-6-3/h9,12,16,18-19,21,25-26,38,41,52,55,60-63,65-67,69,71-73,75-76H,4-8,10-11,13-15,17,20,22-24,27-37,39-40,42-51,53-54,56-59H2,1-3H3,(H,70,77)/b12-9+,19-16-,21-18+,26-25-,41-38+,55-52+. The van der Waals surface area contributed by atoms with E-state index in [4.69, 9.17) is 14.2 Å². The zero-order chi connectivity index (χ0) is 58.2. The highest BCUT2D eigenvalue weighted by Crippen LogP contribution is 2.26. The van der Waals surface area contributed by atoms with Crippen LogP contribution in [-0.2, 0) is 23.8 Å². The summed E-state index contributed by atoms with van der Waals surface area (Å²) in [7, 11) is 0. The summed E-state index contributed by atoms with van der Waals surface area (Å²) in [6, 6.07) is -1.04. The number of rotatable bonds is 56. The largest absolute Gasteiger partial charge is 0.454 e. The van der Waals surface area contributed by atoms with Gasteiger partial charge in [-0.2, -0.15) is 0 Å². The molecule has 0 aromatic rings. The van der Waals surface area contributed by atoms with Gasteiger partial charge in [-0.05, 0) is 89.9 Å². The average molecular weight is 1130 g/mol. The normalized spacial score (nSPS) is 19.2. The fourth-order valence-corrected chi connectivity index (χ4v) is 10.1. The topological polar surface area (TPSA) is 175 Å². The Kier molecular flexibility index (Phi) is 53.1. The first-order valence-corrected chi connectivity index (χ1v) is 33.2. The molecule has 1 aliphatic heterocycles. The van der Waals surface area contributed by atoms with Gasteiger partial charge in [0.2, 0.25) is 5.91 Å². The van der Waals surface area contributed by atoms with Gasteiger partial charge in [-0.1, -0.05) is 267 Å². The molecular formula is C69H123NO10. The van der Waals surface area contributed by atoms with Crippen LogP contribution >= 0.6 is 0 Å². The smallest absolute Gasteiger partial charge is 0.306 e. The SMILES string of the molecule is CC/C=C/C/C=C/C/C=C/CCCCCC(O)C(=O)NC(COC1OC(CO)C(O)C(O)C1OC(=O)CCCCCCCCCCCCCCCCC/C=C\C/C=C\CCCCC)C(O)/C=C/CCCCCCCCCCCCC. The lowest BCUT2D eigenvalue weighted by molar-refractivity contribution is -0.305. The second-order valence-corrected chi connectivity index (χ2v) is 22.8. The average Bonchev–Trinajstić information content (AvgIpc) is 3.45. The Balaban J connectivity index is 2.59. The highest BCUT2D eigenvalue weighted by Gasteiger charge is 2.47. The van der Waals surface area contributed by atoms with Gasteiger partial charge in [-0.3, -0.25) is 9.59 Å². The fourth-order valence-electron chi connectivity index (χ4n) is 10.1. The Morgan fingerprint density at radius 1 is 0.500 bits per heavy atom. The first kappa shape index (κ1) is 75.1. The minimum absolute atomic E-state index is 0.120. The third-order valence-electron chi connectivity index (χ3n) is 15.3. The first-order valence-electron chi connectivity index (χ1n) is 33.2. The van der Waals surface area contributed by atoms with Crippen molar-refractivity contribution in [1.29, 1.82) is 0 Å². The van der Waals surface area contributed by atoms with Gasteiger partial charge in [0.25, 0.3) is 0 Å². The van der Waals surface area contributed by atoms with Gasteiger partial charge in [-0.25, -0.2) is 0 Å². The maximum Gasteiger partial charge on any atom is 0.306 e. The Morgan fingerprint density at radius 2 is 0.900 bits per heavy atom. The molecule has 0 radical (unpaired) electrons. The van der Waals surface area contributed by atoms with Crippen LogP contribution in [0.15, 0.2) is 72.9 Å². The zero-order valence-corrected chi connectivity index (χ0v) is 51.4. The molecule has 0 saturated carbocycles. The summed E-state index contributed by atoms with van der Waals surface area (Å²) in [5, 5.41) is 57.0. The van der Waals surface area contributed by atoms with Crippen LogP contribution in [0, 0.1) is 0 Å². The number of allylic oxidation sites excluding steroid dienone is 11. The summed E-state index contributed by atoms with van der Waals surface area (Å²) in [6.45, 7) is 5.65. The molecule has 0 aromatic carbocycles. The van der Waals surface area contributed by atoms with Crippen molar-refractivity contribution < 1.29 is 49.3 Å². The Bertz CT molecular complexity index is 1580. The first-order chi connectivity index (χ1) is 39.2. The quantitative estimate of drug-likeness (QED) is 0.0195. The highest BCUT2D eigenvalue weighted by atomic mass is 16.7. The van der Waals surface area contributed by atoms with Crippen molar-refractivity contribution in [2.75, 3.05) is 13.2 Å². The number of nitrogens with one attached hydrogen (secondary N) is 1. The Hall–Kier alpha value is -2.90. The van der Waals surface area contributed by atoms with Crippen molar-refractivity contribution >= 4 is 11.9 Å². The number of esters is 1. The van der Waals surface area contributed by atoms with Crippen LogP contribution in [0.25, 0.3) is 0 Å². The number of carbonyl (C=O) groups excluding carboxylic acids is 2. The van der Waals surface area contributed by atoms with Gasteiger partial charge < -0.3 is 45.1 Å². The summed E-state index contributed by atoms with van der Waals surface area (Å²) in [5.74, 6) is -1.21. The van der Waals surface area contributed by atoms with Crippen LogP contribution < -0.4 is 5.32 Å². The molecule has 1 rings (SSSR count). The number of aliphatic hydroxyl groups excluding tert-OH is 5. The van der Waals surface area contributed by atoms with Gasteiger partial charge >= 0.3 is 5.97 Å². The molecule has 6 N–H and O–H groups in total. The minimum atomic E-state index is -1.62. The van der Waals surface area contributed by atoms with Crippen LogP contribution in [0.3, 0.4) is 0 Å². The van der Waals surface area contributed by atoms with Gasteiger partial charge in [-0.15, -0.1) is 0 Å². The van der Waals surface area contributed by atoms with Crippen LogP contribution in [0.4, 0.5) is 0 Å². The van der Waals surface area contributed by atoms with Crippen molar-refractivity contribution in [1.82, 2.24) is 5.32 Å². The molecule has 0 spiro atoms. The third kappa shape index (κ3) is 43.7. The van der Waals surface area contributed by atoms with Crippen LogP contribution in [-0.4, -0.2) is 99.6 Å². The van der Waals surface area contributed by atoms with Gasteiger partial charge in [0.1, 0.15) is 24.4 Å². The number of hydrogen-bond donors (Lipinski definition) is 6. The van der Waals surface area contributed by atoms with E-state index in [0.717, 1.165) is 83.5 Å². The molecule has 464 valence electrons. The molecule has 8 atom stereocenters. The lowest BCUT2D eigenvalue weighted by Gasteiger charge is -2.41. The van der Waals surface area contributed by atoms with Crippen LogP contribution in [0.1, 0.15) is 290 Å². The predicted octanol–water partition coefficient (Wildman–Crippen LogP) is 16.3. The monoisotopic (exact) mass is 1130 g/mol. The molecular weight excluding hydrogens is 1000 g/mol. The number of unbranched alkanes of at least 4 members (excludes halogenated alkanes) is 32. The predicted molar refractivity (Wildman–Crippen MR) is 333 cm³/mol. The van der Waals surface area contributed by atoms with Crippen molar-refractivity contribution in [2.24, 2.45) is 0 Å². The summed E-state index contributed by atoms with van der Waals surface area (Å²) >= 11 is 0. The third-order valence-corrected chi connectivity index (χ3v) is 15.3. The molecule has 1 aliphatic rings. The molecule has 1 saturated heterocycles. The molecule has 1 amide bonds. The van der Waals surface area contributed by atoms with E-state index in [1.165, 1.54) is 161 Å². The van der Waals surface area contributed by atoms with Gasteiger partial charge in [0.05, 0.1) is 25.4 Å². The molecule has 0 aliphatic carbocycles. The number of aliphatic hydroxyl groups is 5. The van der Waals surface area contributed by atoms with E-state index in [1.807, 2.05) is 6.08 Å². The molecule has 0 bridgehead atoms. The maximum atomic E-state index is 13.4. The lowest BCUT2D eigenvalue weighted by atomic mass is 9.99. The summed E-state index contributed by atoms with van der Waals surface area (Å²) < 4.78 is 17.6. The van der Waals surface area contributed by atoms with Crippen molar-refractivity contribution in [3.63, 3.8) is 0 Å².